The van der Waals surface area contributed by atoms with E-state index in [2.05, 4.69) is 76.5 Å². The largest absolute Gasteiger partial charge is 0.437 e. The van der Waals surface area contributed by atoms with Gasteiger partial charge in [-0.1, -0.05) is 88.3 Å². The molecule has 0 bridgehead atoms. The van der Waals surface area contributed by atoms with Crippen molar-refractivity contribution >= 4 is 25.2 Å². The van der Waals surface area contributed by atoms with E-state index < -0.39 is 25.2 Å². The standard InChI is InChI=1S/C30H49NO2Si3/c1-8-9-10-11-12-13-14-24-34(2,3)32-36(6,7)33-35(4,5)25-23-27-15-19-29(20-16-27)30-21-17-28(26-31)18-22-30/h15-22H,8-14,23-25H2,1-7H3. The van der Waals surface area contributed by atoms with Gasteiger partial charge in [0.2, 0.25) is 0 Å². The monoisotopic (exact) mass is 539 g/mol. The number of hydrogen-bond donors (Lipinski definition) is 0. The fraction of sp³-hybridized carbons (Fsp3) is 0.567. The molecule has 2 aromatic rings. The molecule has 0 spiro atoms. The Morgan fingerprint density at radius 1 is 0.639 bits per heavy atom. The molecule has 3 nitrogen and oxygen atoms in total. The molecule has 0 aromatic heterocycles. The Labute approximate surface area is 224 Å². The van der Waals surface area contributed by atoms with Crippen molar-refractivity contribution in [3.63, 3.8) is 0 Å². The Kier molecular flexibility index (Phi) is 12.3. The van der Waals surface area contributed by atoms with Crippen molar-refractivity contribution in [1.29, 1.82) is 5.26 Å². The molecule has 198 valence electrons. The first-order valence-electron chi connectivity index (χ1n) is 14.0. The third kappa shape index (κ3) is 11.7. The molecule has 0 atom stereocenters. The summed E-state index contributed by atoms with van der Waals surface area (Å²) in [6, 6.07) is 21.1. The van der Waals surface area contributed by atoms with Crippen LogP contribution in [-0.4, -0.2) is 25.2 Å². The molecule has 0 saturated carbocycles. The van der Waals surface area contributed by atoms with E-state index in [1.54, 1.807) is 0 Å². The van der Waals surface area contributed by atoms with Crippen LogP contribution in [0.3, 0.4) is 0 Å². The molecule has 6 heteroatoms. The lowest BCUT2D eigenvalue weighted by atomic mass is 10.0. The highest BCUT2D eigenvalue weighted by atomic mass is 28.5. The van der Waals surface area contributed by atoms with Gasteiger partial charge in [0.15, 0.2) is 16.6 Å². The molecule has 2 rings (SSSR count). The summed E-state index contributed by atoms with van der Waals surface area (Å²) in [4.78, 5) is 0. The van der Waals surface area contributed by atoms with Gasteiger partial charge in [0.1, 0.15) is 0 Å². The van der Waals surface area contributed by atoms with Crippen molar-refractivity contribution in [2.75, 3.05) is 0 Å². The fourth-order valence-corrected chi connectivity index (χ4v) is 19.0. The molecule has 0 unspecified atom stereocenters. The highest BCUT2D eigenvalue weighted by Crippen LogP contribution is 2.28. The number of nitriles is 1. The smallest absolute Gasteiger partial charge is 0.311 e. The number of nitrogens with zero attached hydrogens (tertiary/aromatic N) is 1. The van der Waals surface area contributed by atoms with Crippen molar-refractivity contribution in [2.24, 2.45) is 0 Å². The zero-order valence-corrected chi connectivity index (χ0v) is 27.0. The van der Waals surface area contributed by atoms with Crippen LogP contribution in [0.5, 0.6) is 0 Å². The van der Waals surface area contributed by atoms with Gasteiger partial charge in [-0.25, -0.2) is 0 Å². The summed E-state index contributed by atoms with van der Waals surface area (Å²) >= 11 is 0. The van der Waals surface area contributed by atoms with E-state index in [-0.39, 0.29) is 0 Å². The molecule has 0 N–H and O–H groups in total. The molecule has 0 aliphatic heterocycles. The van der Waals surface area contributed by atoms with Crippen LogP contribution in [0.15, 0.2) is 48.5 Å². The van der Waals surface area contributed by atoms with E-state index in [0.29, 0.717) is 5.56 Å². The Hall–Kier alpha value is -1.50. The summed E-state index contributed by atoms with van der Waals surface area (Å²) in [5, 5.41) is 9.00. The van der Waals surface area contributed by atoms with Gasteiger partial charge in [0, 0.05) is 0 Å². The zero-order valence-electron chi connectivity index (χ0n) is 24.0. The Bertz CT molecular complexity index is 948. The Morgan fingerprint density at radius 2 is 1.11 bits per heavy atom. The summed E-state index contributed by atoms with van der Waals surface area (Å²) in [7, 11) is -5.70. The van der Waals surface area contributed by atoms with Crippen LogP contribution in [0.2, 0.25) is 51.4 Å². The van der Waals surface area contributed by atoms with E-state index in [1.165, 1.54) is 62.1 Å². The van der Waals surface area contributed by atoms with Gasteiger partial charge in [-0.05, 0) is 86.6 Å². The molecular weight excluding hydrogens is 491 g/mol. The lowest BCUT2D eigenvalue weighted by Crippen LogP contribution is -2.52. The molecule has 0 aliphatic rings. The number of rotatable bonds is 16. The number of benzene rings is 2. The molecule has 0 heterocycles. The van der Waals surface area contributed by atoms with Crippen molar-refractivity contribution < 1.29 is 8.23 Å². The lowest BCUT2D eigenvalue weighted by Gasteiger charge is -2.39. The quantitative estimate of drug-likeness (QED) is 0.157. The second-order valence-corrected chi connectivity index (χ2v) is 24.4. The lowest BCUT2D eigenvalue weighted by molar-refractivity contribution is 0.387. The number of unbranched alkanes of at least 4 members (excludes halogenated alkanes) is 6. The second-order valence-electron chi connectivity index (χ2n) is 11.9. The minimum atomic E-state index is -2.16. The van der Waals surface area contributed by atoms with Gasteiger partial charge in [0.05, 0.1) is 11.6 Å². The molecule has 0 fully saturated rings. The minimum Gasteiger partial charge on any atom is -0.437 e. The predicted octanol–water partition coefficient (Wildman–Crippen LogP) is 9.66. The maximum Gasteiger partial charge on any atom is 0.311 e. The molecule has 0 radical (unpaired) electrons. The van der Waals surface area contributed by atoms with E-state index in [0.717, 1.165) is 18.0 Å². The van der Waals surface area contributed by atoms with Crippen LogP contribution in [0.1, 0.15) is 63.0 Å². The van der Waals surface area contributed by atoms with Crippen LogP contribution in [-0.2, 0) is 14.7 Å². The Morgan fingerprint density at radius 3 is 1.64 bits per heavy atom. The van der Waals surface area contributed by atoms with E-state index in [9.17, 15) is 0 Å². The minimum absolute atomic E-state index is 0.696. The van der Waals surface area contributed by atoms with Gasteiger partial charge in [-0.3, -0.25) is 0 Å². The second kappa shape index (κ2) is 14.4. The maximum atomic E-state index is 9.00. The fourth-order valence-electron chi connectivity index (χ4n) is 5.01. The van der Waals surface area contributed by atoms with Gasteiger partial charge in [0.25, 0.3) is 0 Å². The Balaban J connectivity index is 1.81. The third-order valence-electron chi connectivity index (χ3n) is 6.74. The van der Waals surface area contributed by atoms with Crippen LogP contribution in [0.25, 0.3) is 11.1 Å². The number of aryl methyl sites for hydroxylation is 1. The first-order chi connectivity index (χ1) is 17.0. The first-order valence-corrected chi connectivity index (χ1v) is 23.0. The normalized spacial score (nSPS) is 12.5. The average molecular weight is 540 g/mol. The number of hydrogen-bond acceptors (Lipinski definition) is 3. The van der Waals surface area contributed by atoms with Gasteiger partial charge in [-0.2, -0.15) is 5.26 Å². The summed E-state index contributed by atoms with van der Waals surface area (Å²) < 4.78 is 13.6. The molecular formula is C30H49NO2Si3. The molecule has 2 aromatic carbocycles. The van der Waals surface area contributed by atoms with Crippen LogP contribution < -0.4 is 0 Å². The van der Waals surface area contributed by atoms with Crippen molar-refractivity contribution in [3.05, 3.63) is 59.7 Å². The van der Waals surface area contributed by atoms with Crippen LogP contribution in [0, 0.1) is 11.3 Å². The first kappa shape index (κ1) is 30.7. The van der Waals surface area contributed by atoms with Gasteiger partial charge < -0.3 is 8.23 Å². The van der Waals surface area contributed by atoms with Crippen LogP contribution in [0.4, 0.5) is 0 Å². The van der Waals surface area contributed by atoms with Crippen molar-refractivity contribution in [2.45, 2.75) is 110 Å². The van der Waals surface area contributed by atoms with E-state index >= 15 is 0 Å². The molecule has 0 saturated heterocycles. The summed E-state index contributed by atoms with van der Waals surface area (Å²) in [5.41, 5.74) is 4.38. The van der Waals surface area contributed by atoms with E-state index in [4.69, 9.17) is 13.5 Å². The van der Waals surface area contributed by atoms with Gasteiger partial charge in [-0.15, -0.1) is 0 Å². The molecule has 0 amide bonds. The topological polar surface area (TPSA) is 42.2 Å². The highest BCUT2D eigenvalue weighted by molar-refractivity contribution is 6.87. The van der Waals surface area contributed by atoms with E-state index in [1.807, 2.05) is 24.3 Å². The summed E-state index contributed by atoms with van der Waals surface area (Å²) in [6.45, 7) is 16.3. The van der Waals surface area contributed by atoms with Crippen LogP contribution >= 0.6 is 0 Å². The summed E-state index contributed by atoms with van der Waals surface area (Å²) in [5.74, 6) is 0. The highest BCUT2D eigenvalue weighted by Gasteiger charge is 2.39. The SMILES string of the molecule is CCCCCCCCC[Si](C)(C)O[Si](C)(C)O[Si](C)(C)CCc1ccc(-c2ccc(C#N)cc2)cc1. The summed E-state index contributed by atoms with van der Waals surface area (Å²) in [6.07, 6.45) is 10.5. The van der Waals surface area contributed by atoms with Crippen molar-refractivity contribution in [3.8, 4) is 17.2 Å². The maximum absolute atomic E-state index is 9.00. The van der Waals surface area contributed by atoms with Gasteiger partial charge >= 0.3 is 8.56 Å². The zero-order chi connectivity index (χ0) is 26.7. The third-order valence-corrected chi connectivity index (χ3v) is 18.1. The van der Waals surface area contributed by atoms with Crippen molar-refractivity contribution in [1.82, 2.24) is 0 Å². The molecule has 36 heavy (non-hydrogen) atoms. The molecule has 0 aliphatic carbocycles. The average Bonchev–Trinajstić information content (AvgIpc) is 2.81. The predicted molar refractivity (Wildman–Crippen MR) is 163 cm³/mol.